The fourth-order valence-electron chi connectivity index (χ4n) is 1.94. The van der Waals surface area contributed by atoms with Crippen LogP contribution in [0.15, 0.2) is 59.7 Å². The van der Waals surface area contributed by atoms with Crippen molar-refractivity contribution in [3.8, 4) is 11.4 Å². The zero-order valence-corrected chi connectivity index (χ0v) is 13.3. The van der Waals surface area contributed by atoms with Gasteiger partial charge in [-0.2, -0.15) is 9.90 Å². The number of carbonyl (C=O) groups excluding carboxylic acids is 1. The molecule has 0 unspecified atom stereocenters. The van der Waals surface area contributed by atoms with Gasteiger partial charge in [0.25, 0.3) is 5.91 Å². The van der Waals surface area contributed by atoms with E-state index in [9.17, 15) is 4.79 Å². The van der Waals surface area contributed by atoms with Gasteiger partial charge in [-0.05, 0) is 22.9 Å². The quantitative estimate of drug-likeness (QED) is 0.569. The maximum absolute atomic E-state index is 11.8. The Labute approximate surface area is 143 Å². The standard InChI is InChI=1S/C16H13ClN6O/c17-14-8-4-5-12(9-14)10-18-19-15(24)11-23-21-16(20-22-23)13-6-2-1-3-7-13/h1-10H,11H2,(H,19,24)/b18-10-. The Balaban J connectivity index is 1.57. The molecule has 1 N–H and O–H groups in total. The Bertz CT molecular complexity index is 862. The zero-order chi connectivity index (χ0) is 16.8. The molecule has 2 aromatic carbocycles. The van der Waals surface area contributed by atoms with Crippen molar-refractivity contribution in [2.45, 2.75) is 6.54 Å². The van der Waals surface area contributed by atoms with E-state index in [0.29, 0.717) is 10.8 Å². The number of nitrogens with one attached hydrogen (secondary N) is 1. The second kappa shape index (κ2) is 7.47. The molecule has 3 aromatic rings. The van der Waals surface area contributed by atoms with Crippen LogP contribution in [0.3, 0.4) is 0 Å². The average molecular weight is 341 g/mol. The monoisotopic (exact) mass is 340 g/mol. The molecule has 0 saturated carbocycles. The molecule has 0 aliphatic rings. The van der Waals surface area contributed by atoms with Gasteiger partial charge < -0.3 is 0 Å². The van der Waals surface area contributed by atoms with Crippen molar-refractivity contribution >= 4 is 23.7 Å². The van der Waals surface area contributed by atoms with Gasteiger partial charge in [-0.3, -0.25) is 4.79 Å². The molecule has 24 heavy (non-hydrogen) atoms. The molecule has 1 amide bonds. The molecule has 1 aromatic heterocycles. The lowest BCUT2D eigenvalue weighted by Crippen LogP contribution is -2.24. The van der Waals surface area contributed by atoms with E-state index in [1.807, 2.05) is 36.4 Å². The summed E-state index contributed by atoms with van der Waals surface area (Å²) in [7, 11) is 0. The molecule has 1 heterocycles. The summed E-state index contributed by atoms with van der Waals surface area (Å²) >= 11 is 5.87. The van der Waals surface area contributed by atoms with Crippen LogP contribution in [0.4, 0.5) is 0 Å². The van der Waals surface area contributed by atoms with Crippen LogP contribution in [0.2, 0.25) is 5.02 Å². The first-order chi connectivity index (χ1) is 11.7. The van der Waals surface area contributed by atoms with Gasteiger partial charge in [0.05, 0.1) is 6.21 Å². The fourth-order valence-corrected chi connectivity index (χ4v) is 2.14. The summed E-state index contributed by atoms with van der Waals surface area (Å²) in [5, 5.41) is 16.4. The Morgan fingerprint density at radius 3 is 2.83 bits per heavy atom. The molecular formula is C16H13ClN6O. The van der Waals surface area contributed by atoms with E-state index in [0.717, 1.165) is 11.1 Å². The van der Waals surface area contributed by atoms with Gasteiger partial charge in [0.1, 0.15) is 6.54 Å². The predicted molar refractivity (Wildman–Crippen MR) is 90.4 cm³/mol. The summed E-state index contributed by atoms with van der Waals surface area (Å²) in [6.45, 7) is -0.0767. The lowest BCUT2D eigenvalue weighted by Gasteiger charge is -1.98. The van der Waals surface area contributed by atoms with Gasteiger partial charge in [0, 0.05) is 10.6 Å². The fraction of sp³-hybridized carbons (Fsp3) is 0.0625. The largest absolute Gasteiger partial charge is 0.271 e. The van der Waals surface area contributed by atoms with E-state index in [1.54, 1.807) is 18.2 Å². The van der Waals surface area contributed by atoms with Crippen LogP contribution >= 0.6 is 11.6 Å². The number of hydrazone groups is 1. The number of hydrogen-bond acceptors (Lipinski definition) is 5. The van der Waals surface area contributed by atoms with Gasteiger partial charge in [-0.25, -0.2) is 5.43 Å². The highest BCUT2D eigenvalue weighted by atomic mass is 35.5. The summed E-state index contributed by atoms with van der Waals surface area (Å²) in [5.74, 6) is 0.108. The molecule has 0 aliphatic carbocycles. The van der Waals surface area contributed by atoms with E-state index in [-0.39, 0.29) is 12.5 Å². The van der Waals surface area contributed by atoms with E-state index < -0.39 is 0 Å². The summed E-state index contributed by atoms with van der Waals surface area (Å²) < 4.78 is 0. The topological polar surface area (TPSA) is 85.1 Å². The molecule has 0 aliphatic heterocycles. The average Bonchev–Trinajstić information content (AvgIpc) is 3.04. The van der Waals surface area contributed by atoms with E-state index >= 15 is 0 Å². The number of tetrazole rings is 1. The third-order valence-corrected chi connectivity index (χ3v) is 3.26. The minimum absolute atomic E-state index is 0.0767. The minimum Gasteiger partial charge on any atom is -0.271 e. The van der Waals surface area contributed by atoms with Gasteiger partial charge in [-0.15, -0.1) is 10.2 Å². The summed E-state index contributed by atoms with van der Waals surface area (Å²) in [5.41, 5.74) is 4.03. The number of hydrogen-bond donors (Lipinski definition) is 1. The molecule has 0 spiro atoms. The zero-order valence-electron chi connectivity index (χ0n) is 12.5. The molecule has 3 rings (SSSR count). The molecule has 0 radical (unpaired) electrons. The Morgan fingerprint density at radius 2 is 2.04 bits per heavy atom. The smallest absolute Gasteiger partial charge is 0.263 e. The summed E-state index contributed by atoms with van der Waals surface area (Å²) in [6, 6.07) is 16.5. The van der Waals surface area contributed by atoms with Crippen molar-refractivity contribution < 1.29 is 4.79 Å². The first-order valence-electron chi connectivity index (χ1n) is 7.11. The highest BCUT2D eigenvalue weighted by molar-refractivity contribution is 6.30. The van der Waals surface area contributed by atoms with Crippen LogP contribution in [0.25, 0.3) is 11.4 Å². The van der Waals surface area contributed by atoms with E-state index in [4.69, 9.17) is 11.6 Å². The van der Waals surface area contributed by atoms with Crippen molar-refractivity contribution in [2.24, 2.45) is 5.10 Å². The van der Waals surface area contributed by atoms with Gasteiger partial charge in [-0.1, -0.05) is 54.1 Å². The lowest BCUT2D eigenvalue weighted by molar-refractivity contribution is -0.122. The van der Waals surface area contributed by atoms with Gasteiger partial charge in [0.15, 0.2) is 0 Å². The van der Waals surface area contributed by atoms with Crippen LogP contribution in [0.1, 0.15) is 5.56 Å². The maximum atomic E-state index is 11.8. The maximum Gasteiger partial charge on any atom is 0.263 e. The number of carbonyl (C=O) groups is 1. The molecular weight excluding hydrogens is 328 g/mol. The van der Waals surface area contributed by atoms with Gasteiger partial charge in [0.2, 0.25) is 5.82 Å². The molecule has 0 bridgehead atoms. The molecule has 0 atom stereocenters. The van der Waals surface area contributed by atoms with Crippen molar-refractivity contribution in [1.82, 2.24) is 25.6 Å². The molecule has 120 valence electrons. The lowest BCUT2D eigenvalue weighted by atomic mass is 10.2. The second-order valence-corrected chi connectivity index (χ2v) is 5.29. The number of aromatic nitrogens is 4. The highest BCUT2D eigenvalue weighted by Crippen LogP contribution is 2.11. The van der Waals surface area contributed by atoms with Crippen molar-refractivity contribution in [2.75, 3.05) is 0 Å². The summed E-state index contributed by atoms with van der Waals surface area (Å²) in [4.78, 5) is 13.1. The van der Waals surface area contributed by atoms with Crippen molar-refractivity contribution in [3.05, 3.63) is 65.2 Å². The van der Waals surface area contributed by atoms with Crippen LogP contribution in [-0.2, 0) is 11.3 Å². The molecule has 0 saturated heterocycles. The number of benzene rings is 2. The Hall–Kier alpha value is -3.06. The van der Waals surface area contributed by atoms with E-state index in [2.05, 4.69) is 25.9 Å². The molecule has 7 nitrogen and oxygen atoms in total. The molecule has 8 heteroatoms. The van der Waals surface area contributed by atoms with Crippen LogP contribution in [0.5, 0.6) is 0 Å². The van der Waals surface area contributed by atoms with Crippen LogP contribution in [-0.4, -0.2) is 32.3 Å². The summed E-state index contributed by atoms with van der Waals surface area (Å²) in [6.07, 6.45) is 1.51. The number of amides is 1. The third kappa shape index (κ3) is 4.23. The first kappa shape index (κ1) is 15.8. The number of nitrogens with zero attached hydrogens (tertiary/aromatic N) is 5. The second-order valence-electron chi connectivity index (χ2n) is 4.86. The third-order valence-electron chi connectivity index (χ3n) is 3.02. The van der Waals surface area contributed by atoms with Crippen molar-refractivity contribution in [1.29, 1.82) is 0 Å². The first-order valence-corrected chi connectivity index (χ1v) is 7.49. The van der Waals surface area contributed by atoms with Crippen LogP contribution in [0, 0.1) is 0 Å². The highest BCUT2D eigenvalue weighted by Gasteiger charge is 2.08. The van der Waals surface area contributed by atoms with Crippen LogP contribution < -0.4 is 5.43 Å². The minimum atomic E-state index is -0.356. The predicted octanol–water partition coefficient (Wildman–Crippen LogP) is 2.14. The Morgan fingerprint density at radius 1 is 1.21 bits per heavy atom. The van der Waals surface area contributed by atoms with Crippen molar-refractivity contribution in [3.63, 3.8) is 0 Å². The SMILES string of the molecule is O=C(Cn1nnc(-c2ccccc2)n1)N/N=C\c1cccc(Cl)c1. The normalized spacial score (nSPS) is 10.9. The van der Waals surface area contributed by atoms with Gasteiger partial charge >= 0.3 is 0 Å². The number of rotatable bonds is 5. The molecule has 0 fully saturated rings. The van der Waals surface area contributed by atoms with E-state index in [1.165, 1.54) is 11.0 Å². The Kier molecular flexibility index (Phi) is 4.93. The number of halogens is 1.